The molecular formula is C17H32N2O2. The van der Waals surface area contributed by atoms with Crippen molar-refractivity contribution in [1.29, 1.82) is 0 Å². The average Bonchev–Trinajstić information content (AvgIpc) is 3.00. The molecule has 1 aliphatic carbocycles. The molecule has 1 amide bonds. The molecule has 0 aromatic rings. The second-order valence-electron chi connectivity index (χ2n) is 6.92. The van der Waals surface area contributed by atoms with Crippen LogP contribution >= 0.6 is 0 Å². The SMILES string of the molecule is CCCC1NC2(CCCC2)C(=O)N1C(COCC)C(C)C. The van der Waals surface area contributed by atoms with Gasteiger partial charge >= 0.3 is 0 Å². The Balaban J connectivity index is 2.21. The maximum absolute atomic E-state index is 13.1. The Morgan fingerprint density at radius 3 is 2.52 bits per heavy atom. The number of rotatable bonds is 7. The van der Waals surface area contributed by atoms with Crippen molar-refractivity contribution < 1.29 is 9.53 Å². The van der Waals surface area contributed by atoms with E-state index in [0.717, 1.165) is 25.7 Å². The van der Waals surface area contributed by atoms with Crippen molar-refractivity contribution in [1.82, 2.24) is 10.2 Å². The highest BCUT2D eigenvalue weighted by Crippen LogP contribution is 2.38. The molecule has 1 aliphatic heterocycles. The molecule has 4 heteroatoms. The van der Waals surface area contributed by atoms with Gasteiger partial charge in [0.25, 0.3) is 0 Å². The van der Waals surface area contributed by atoms with E-state index < -0.39 is 0 Å². The summed E-state index contributed by atoms with van der Waals surface area (Å²) < 4.78 is 5.67. The molecule has 2 aliphatic rings. The van der Waals surface area contributed by atoms with E-state index in [1.165, 1.54) is 12.8 Å². The molecule has 1 saturated carbocycles. The smallest absolute Gasteiger partial charge is 0.244 e. The second kappa shape index (κ2) is 7.10. The van der Waals surface area contributed by atoms with Crippen LogP contribution in [0.5, 0.6) is 0 Å². The van der Waals surface area contributed by atoms with Gasteiger partial charge in [-0.2, -0.15) is 0 Å². The van der Waals surface area contributed by atoms with E-state index in [4.69, 9.17) is 4.74 Å². The predicted molar refractivity (Wildman–Crippen MR) is 85.0 cm³/mol. The maximum Gasteiger partial charge on any atom is 0.244 e. The summed E-state index contributed by atoms with van der Waals surface area (Å²) in [6.07, 6.45) is 6.66. The molecule has 0 aromatic carbocycles. The number of hydrogen-bond donors (Lipinski definition) is 1. The topological polar surface area (TPSA) is 41.6 Å². The van der Waals surface area contributed by atoms with Gasteiger partial charge in [-0.1, -0.05) is 40.0 Å². The Kier molecular flexibility index (Phi) is 5.67. The van der Waals surface area contributed by atoms with Gasteiger partial charge in [-0.15, -0.1) is 0 Å². The third-order valence-electron chi connectivity index (χ3n) is 5.06. The number of ether oxygens (including phenoxy) is 1. The molecule has 2 rings (SSSR count). The minimum Gasteiger partial charge on any atom is -0.380 e. The van der Waals surface area contributed by atoms with Gasteiger partial charge in [0.2, 0.25) is 5.91 Å². The number of carbonyl (C=O) groups is 1. The average molecular weight is 296 g/mol. The van der Waals surface area contributed by atoms with Crippen LogP contribution in [0.25, 0.3) is 0 Å². The number of hydrogen-bond acceptors (Lipinski definition) is 3. The monoisotopic (exact) mass is 296 g/mol. The van der Waals surface area contributed by atoms with Crippen molar-refractivity contribution in [3.63, 3.8) is 0 Å². The first-order valence-electron chi connectivity index (χ1n) is 8.74. The van der Waals surface area contributed by atoms with Gasteiger partial charge in [0.1, 0.15) is 0 Å². The minimum atomic E-state index is -0.265. The maximum atomic E-state index is 13.1. The molecule has 1 heterocycles. The zero-order chi connectivity index (χ0) is 15.5. The Morgan fingerprint density at radius 1 is 1.33 bits per heavy atom. The second-order valence-corrected chi connectivity index (χ2v) is 6.92. The summed E-state index contributed by atoms with van der Waals surface area (Å²) in [7, 11) is 0. The highest BCUT2D eigenvalue weighted by atomic mass is 16.5. The number of amides is 1. The third kappa shape index (κ3) is 3.26. The summed E-state index contributed by atoms with van der Waals surface area (Å²) in [5.74, 6) is 0.745. The van der Waals surface area contributed by atoms with Crippen molar-refractivity contribution in [3.05, 3.63) is 0 Å². The zero-order valence-electron chi connectivity index (χ0n) is 14.2. The lowest BCUT2D eigenvalue weighted by Crippen LogP contribution is -2.49. The lowest BCUT2D eigenvalue weighted by molar-refractivity contribution is -0.138. The summed E-state index contributed by atoms with van der Waals surface area (Å²) >= 11 is 0. The van der Waals surface area contributed by atoms with Gasteiger partial charge in [0.15, 0.2) is 0 Å². The molecule has 0 bridgehead atoms. The van der Waals surface area contributed by atoms with E-state index >= 15 is 0 Å². The quantitative estimate of drug-likeness (QED) is 0.785. The van der Waals surface area contributed by atoms with Gasteiger partial charge in [0, 0.05) is 6.61 Å². The lowest BCUT2D eigenvalue weighted by Gasteiger charge is -2.35. The Labute approximate surface area is 129 Å². The van der Waals surface area contributed by atoms with Crippen molar-refractivity contribution >= 4 is 5.91 Å². The first-order valence-corrected chi connectivity index (χ1v) is 8.74. The number of carbonyl (C=O) groups excluding carboxylic acids is 1. The molecule has 1 spiro atoms. The van der Waals surface area contributed by atoms with Crippen LogP contribution in [-0.4, -0.2) is 41.8 Å². The van der Waals surface area contributed by atoms with E-state index in [0.29, 0.717) is 25.0 Å². The lowest BCUT2D eigenvalue weighted by atomic mass is 9.96. The normalized spacial score (nSPS) is 26.2. The molecule has 4 nitrogen and oxygen atoms in total. The number of nitrogens with zero attached hydrogens (tertiary/aromatic N) is 1. The highest BCUT2D eigenvalue weighted by molar-refractivity contribution is 5.89. The first kappa shape index (κ1) is 16.8. The summed E-state index contributed by atoms with van der Waals surface area (Å²) in [5.41, 5.74) is -0.265. The largest absolute Gasteiger partial charge is 0.380 e. The molecule has 2 unspecified atom stereocenters. The highest BCUT2D eigenvalue weighted by Gasteiger charge is 2.53. The van der Waals surface area contributed by atoms with E-state index in [1.807, 2.05) is 6.92 Å². The molecule has 0 radical (unpaired) electrons. The Bertz CT molecular complexity index is 351. The molecule has 0 aromatic heterocycles. The fourth-order valence-electron chi connectivity index (χ4n) is 3.87. The fourth-order valence-corrected chi connectivity index (χ4v) is 3.87. The molecular weight excluding hydrogens is 264 g/mol. The van der Waals surface area contributed by atoms with Crippen molar-refractivity contribution in [2.75, 3.05) is 13.2 Å². The van der Waals surface area contributed by atoms with Gasteiger partial charge in [-0.25, -0.2) is 0 Å². The standard InChI is InChI=1S/C17H32N2O2/c1-5-9-15-18-17(10-7-8-11-17)16(20)19(15)14(13(3)4)12-21-6-2/h13-15,18H,5-12H2,1-4H3. The van der Waals surface area contributed by atoms with E-state index in [9.17, 15) is 4.79 Å². The summed E-state index contributed by atoms with van der Waals surface area (Å²) in [6, 6.07) is 0.182. The number of nitrogens with one attached hydrogen (secondary N) is 1. The molecule has 2 atom stereocenters. The van der Waals surface area contributed by atoms with Gasteiger partial charge in [-0.3, -0.25) is 10.1 Å². The molecule has 1 N–H and O–H groups in total. The van der Waals surface area contributed by atoms with Crippen LogP contribution in [-0.2, 0) is 9.53 Å². The Hall–Kier alpha value is -0.610. The molecule has 1 saturated heterocycles. The first-order chi connectivity index (χ1) is 10.1. The van der Waals surface area contributed by atoms with Crippen LogP contribution in [0.4, 0.5) is 0 Å². The van der Waals surface area contributed by atoms with E-state index in [2.05, 4.69) is 31.0 Å². The summed E-state index contributed by atoms with van der Waals surface area (Å²) in [6.45, 7) is 9.96. The van der Waals surface area contributed by atoms with Crippen LogP contribution < -0.4 is 5.32 Å². The molecule has 21 heavy (non-hydrogen) atoms. The van der Waals surface area contributed by atoms with Gasteiger partial charge in [-0.05, 0) is 32.1 Å². The molecule has 2 fully saturated rings. The van der Waals surface area contributed by atoms with Crippen molar-refractivity contribution in [3.8, 4) is 0 Å². The molecule has 122 valence electrons. The predicted octanol–water partition coefficient (Wildman–Crippen LogP) is 2.92. The van der Waals surface area contributed by atoms with Crippen LogP contribution in [0.15, 0.2) is 0 Å². The minimum absolute atomic E-state index is 0.182. The Morgan fingerprint density at radius 2 is 2.00 bits per heavy atom. The van der Waals surface area contributed by atoms with E-state index in [1.54, 1.807) is 0 Å². The van der Waals surface area contributed by atoms with Crippen LogP contribution in [0.1, 0.15) is 66.2 Å². The zero-order valence-corrected chi connectivity index (χ0v) is 14.2. The summed E-state index contributed by atoms with van der Waals surface area (Å²) in [4.78, 5) is 15.3. The third-order valence-corrected chi connectivity index (χ3v) is 5.06. The van der Waals surface area contributed by atoms with E-state index in [-0.39, 0.29) is 17.7 Å². The fraction of sp³-hybridized carbons (Fsp3) is 0.941. The van der Waals surface area contributed by atoms with Gasteiger partial charge in [0.05, 0.1) is 24.4 Å². The summed E-state index contributed by atoms with van der Waals surface area (Å²) in [5, 5.41) is 3.70. The van der Waals surface area contributed by atoms with Crippen LogP contribution in [0.2, 0.25) is 0 Å². The van der Waals surface area contributed by atoms with Crippen LogP contribution in [0.3, 0.4) is 0 Å². The van der Waals surface area contributed by atoms with Crippen LogP contribution in [0, 0.1) is 5.92 Å². The van der Waals surface area contributed by atoms with Crippen molar-refractivity contribution in [2.45, 2.75) is 84.0 Å². The van der Waals surface area contributed by atoms with Gasteiger partial charge < -0.3 is 9.64 Å². The van der Waals surface area contributed by atoms with Crippen molar-refractivity contribution in [2.24, 2.45) is 5.92 Å².